The fourth-order valence-corrected chi connectivity index (χ4v) is 3.54. The van der Waals surface area contributed by atoms with Crippen molar-refractivity contribution >= 4 is 0 Å². The lowest BCUT2D eigenvalue weighted by Gasteiger charge is -2.19. The van der Waals surface area contributed by atoms with E-state index in [9.17, 15) is 5.26 Å². The highest BCUT2D eigenvalue weighted by atomic mass is 14.9. The molecule has 2 aromatic rings. The first-order valence-electron chi connectivity index (χ1n) is 9.32. The van der Waals surface area contributed by atoms with E-state index in [1.807, 2.05) is 12.3 Å². The van der Waals surface area contributed by atoms with Gasteiger partial charge >= 0.3 is 0 Å². The molecule has 0 aromatic carbocycles. The van der Waals surface area contributed by atoms with Gasteiger partial charge in [-0.25, -0.2) is 9.97 Å². The average Bonchev–Trinajstić information content (AvgIpc) is 2.85. The van der Waals surface area contributed by atoms with Gasteiger partial charge in [-0.2, -0.15) is 5.26 Å². The van der Waals surface area contributed by atoms with E-state index in [2.05, 4.69) is 38.7 Å². The van der Waals surface area contributed by atoms with E-state index in [1.54, 1.807) is 0 Å². The summed E-state index contributed by atoms with van der Waals surface area (Å²) in [6, 6.07) is 4.38. The maximum Gasteiger partial charge on any atom is 0.131 e. The number of hydrogen-bond acceptors (Lipinski definition) is 4. The SMILES string of the molecule is CC(C)c1nccc(-c2c(C#N)c(C(C)C)nc3c2CCCCC3)n1. The first kappa shape index (κ1) is 17.5. The van der Waals surface area contributed by atoms with Gasteiger partial charge in [-0.3, -0.25) is 4.98 Å². The highest BCUT2D eigenvalue weighted by molar-refractivity contribution is 5.73. The molecule has 0 N–H and O–H groups in total. The molecule has 0 atom stereocenters. The zero-order valence-corrected chi connectivity index (χ0v) is 15.6. The van der Waals surface area contributed by atoms with Crippen LogP contribution in [0.3, 0.4) is 0 Å². The first-order valence-corrected chi connectivity index (χ1v) is 9.32. The normalized spacial score (nSPS) is 14.3. The van der Waals surface area contributed by atoms with Crippen LogP contribution in [0.5, 0.6) is 0 Å². The van der Waals surface area contributed by atoms with Gasteiger partial charge in [-0.05, 0) is 43.2 Å². The van der Waals surface area contributed by atoms with Crippen LogP contribution in [0.4, 0.5) is 0 Å². The monoisotopic (exact) mass is 334 g/mol. The molecule has 0 saturated carbocycles. The highest BCUT2D eigenvalue weighted by Crippen LogP contribution is 2.35. The fraction of sp³-hybridized carbons (Fsp3) is 0.524. The summed E-state index contributed by atoms with van der Waals surface area (Å²) < 4.78 is 0. The molecule has 2 aromatic heterocycles. The summed E-state index contributed by atoms with van der Waals surface area (Å²) in [7, 11) is 0. The maximum absolute atomic E-state index is 9.93. The third kappa shape index (κ3) is 3.42. The Hall–Kier alpha value is -2.28. The van der Waals surface area contributed by atoms with Crippen LogP contribution >= 0.6 is 0 Å². The van der Waals surface area contributed by atoms with E-state index in [0.29, 0.717) is 5.56 Å². The van der Waals surface area contributed by atoms with Gasteiger partial charge in [0, 0.05) is 23.4 Å². The molecule has 4 heteroatoms. The van der Waals surface area contributed by atoms with Crippen molar-refractivity contribution in [3.05, 3.63) is 40.6 Å². The lowest BCUT2D eigenvalue weighted by Crippen LogP contribution is -2.10. The van der Waals surface area contributed by atoms with Gasteiger partial charge < -0.3 is 0 Å². The minimum Gasteiger partial charge on any atom is -0.256 e. The van der Waals surface area contributed by atoms with Crippen LogP contribution in [0, 0.1) is 11.3 Å². The molecular formula is C21H26N4. The molecule has 0 unspecified atom stereocenters. The van der Waals surface area contributed by atoms with Gasteiger partial charge in [-0.1, -0.05) is 34.1 Å². The third-order valence-electron chi connectivity index (χ3n) is 4.86. The molecule has 130 valence electrons. The Balaban J connectivity index is 2.31. The van der Waals surface area contributed by atoms with Gasteiger partial charge in [0.25, 0.3) is 0 Å². The van der Waals surface area contributed by atoms with Crippen LogP contribution < -0.4 is 0 Å². The Bertz CT molecular complexity index is 815. The second-order valence-electron chi connectivity index (χ2n) is 7.45. The standard InChI is InChI=1S/C21H26N4/c1-13(2)20-16(12-22)19(15-8-6-5-7-9-17(15)24-20)18-10-11-23-21(25-18)14(3)4/h10-11,13-14H,5-9H2,1-4H3. The van der Waals surface area contributed by atoms with Gasteiger partial charge in [0.1, 0.15) is 11.9 Å². The highest BCUT2D eigenvalue weighted by Gasteiger charge is 2.24. The first-order chi connectivity index (χ1) is 12.0. The minimum atomic E-state index is 0.216. The number of hydrogen-bond donors (Lipinski definition) is 0. The number of aryl methyl sites for hydroxylation is 1. The van der Waals surface area contributed by atoms with Gasteiger partial charge in [-0.15, -0.1) is 0 Å². The van der Waals surface area contributed by atoms with Gasteiger partial charge in [0.2, 0.25) is 0 Å². The summed E-state index contributed by atoms with van der Waals surface area (Å²) >= 11 is 0. The van der Waals surface area contributed by atoms with E-state index < -0.39 is 0 Å². The molecule has 0 bridgehead atoms. The Labute approximate surface area is 150 Å². The molecule has 4 nitrogen and oxygen atoms in total. The number of nitrogens with zero attached hydrogens (tertiary/aromatic N) is 4. The van der Waals surface area contributed by atoms with Crippen LogP contribution in [0.2, 0.25) is 0 Å². The lowest BCUT2D eigenvalue weighted by molar-refractivity contribution is 0.706. The number of rotatable bonds is 3. The topological polar surface area (TPSA) is 62.5 Å². The van der Waals surface area contributed by atoms with Crippen LogP contribution in [0.1, 0.15) is 87.1 Å². The van der Waals surface area contributed by atoms with E-state index in [4.69, 9.17) is 9.97 Å². The van der Waals surface area contributed by atoms with Crippen molar-refractivity contribution in [1.29, 1.82) is 5.26 Å². The molecule has 0 saturated heterocycles. The van der Waals surface area contributed by atoms with E-state index >= 15 is 0 Å². The summed E-state index contributed by atoms with van der Waals surface area (Å²) in [5, 5.41) is 9.93. The quantitative estimate of drug-likeness (QED) is 0.747. The molecule has 2 heterocycles. The molecule has 25 heavy (non-hydrogen) atoms. The Kier molecular flexibility index (Phi) is 5.13. The predicted octanol–water partition coefficient (Wildman–Crippen LogP) is 4.93. The molecule has 3 rings (SSSR count). The molecule has 1 aliphatic carbocycles. The zero-order valence-electron chi connectivity index (χ0n) is 15.6. The number of nitriles is 1. The van der Waals surface area contributed by atoms with Crippen molar-refractivity contribution in [1.82, 2.24) is 15.0 Å². The molecule has 0 fully saturated rings. The summed E-state index contributed by atoms with van der Waals surface area (Å²) in [5.74, 6) is 1.30. The van der Waals surface area contributed by atoms with Crippen LogP contribution in [-0.2, 0) is 12.8 Å². The Morgan fingerprint density at radius 2 is 1.76 bits per heavy atom. The van der Waals surface area contributed by atoms with Gasteiger partial charge in [0.05, 0.1) is 17.0 Å². The molecule has 0 radical (unpaired) electrons. The number of fused-ring (bicyclic) bond motifs is 1. The summed E-state index contributed by atoms with van der Waals surface area (Å²) in [6.45, 7) is 8.40. The third-order valence-corrected chi connectivity index (χ3v) is 4.86. The predicted molar refractivity (Wildman–Crippen MR) is 99.4 cm³/mol. The smallest absolute Gasteiger partial charge is 0.131 e. The van der Waals surface area contributed by atoms with E-state index in [1.165, 1.54) is 24.1 Å². The molecule has 0 aliphatic heterocycles. The summed E-state index contributed by atoms with van der Waals surface area (Å²) in [4.78, 5) is 14.1. The Morgan fingerprint density at radius 3 is 2.44 bits per heavy atom. The van der Waals surface area contributed by atoms with Crippen molar-refractivity contribution in [2.75, 3.05) is 0 Å². The zero-order chi connectivity index (χ0) is 18.0. The lowest BCUT2D eigenvalue weighted by atomic mass is 9.90. The minimum absolute atomic E-state index is 0.216. The molecule has 0 amide bonds. The van der Waals surface area contributed by atoms with Crippen molar-refractivity contribution in [2.45, 2.75) is 71.6 Å². The maximum atomic E-state index is 9.93. The van der Waals surface area contributed by atoms with Crippen LogP contribution in [0.15, 0.2) is 12.3 Å². The van der Waals surface area contributed by atoms with Crippen LogP contribution in [0.25, 0.3) is 11.3 Å². The van der Waals surface area contributed by atoms with Crippen LogP contribution in [-0.4, -0.2) is 15.0 Å². The fourth-order valence-electron chi connectivity index (χ4n) is 3.54. The number of pyridine rings is 1. The van der Waals surface area contributed by atoms with E-state index in [-0.39, 0.29) is 11.8 Å². The van der Waals surface area contributed by atoms with Crippen molar-refractivity contribution in [3.63, 3.8) is 0 Å². The van der Waals surface area contributed by atoms with Crippen molar-refractivity contribution in [3.8, 4) is 17.3 Å². The molecule has 0 spiro atoms. The average molecular weight is 334 g/mol. The Morgan fingerprint density at radius 1 is 1.00 bits per heavy atom. The van der Waals surface area contributed by atoms with Crippen molar-refractivity contribution < 1.29 is 0 Å². The van der Waals surface area contributed by atoms with Crippen molar-refractivity contribution in [2.24, 2.45) is 0 Å². The molecule has 1 aliphatic rings. The summed E-state index contributed by atoms with van der Waals surface area (Å²) in [6.07, 6.45) is 7.33. The largest absolute Gasteiger partial charge is 0.256 e. The molecular weight excluding hydrogens is 308 g/mol. The second-order valence-corrected chi connectivity index (χ2v) is 7.45. The van der Waals surface area contributed by atoms with E-state index in [0.717, 1.165) is 42.0 Å². The van der Waals surface area contributed by atoms with Gasteiger partial charge in [0.15, 0.2) is 0 Å². The number of aromatic nitrogens is 3. The summed E-state index contributed by atoms with van der Waals surface area (Å²) in [5.41, 5.74) is 5.87. The second kappa shape index (κ2) is 7.31.